The number of benzene rings is 8. The molecule has 0 saturated carbocycles. The number of nitrogens with zero attached hydrogens (tertiary/aromatic N) is 2. The molecule has 2 heteroatoms. The van der Waals surface area contributed by atoms with Gasteiger partial charge in [0.15, 0.2) is 5.82 Å². The summed E-state index contributed by atoms with van der Waals surface area (Å²) < 4.78 is 78.1. The van der Waals surface area contributed by atoms with Crippen molar-refractivity contribution < 1.29 is 12.3 Å². The lowest BCUT2D eigenvalue weighted by Gasteiger charge is -2.22. The minimum Gasteiger partial charge on any atom is -0.228 e. The molecule has 10 rings (SSSR count). The second kappa shape index (κ2) is 13.2. The summed E-state index contributed by atoms with van der Waals surface area (Å²) >= 11 is 0. The Morgan fingerprint density at radius 3 is 1.78 bits per heavy atom. The molecule has 0 saturated heterocycles. The third-order valence-corrected chi connectivity index (χ3v) is 10.7. The van der Waals surface area contributed by atoms with Gasteiger partial charge in [-0.1, -0.05) is 190 Å². The first-order valence-corrected chi connectivity index (χ1v) is 18.3. The number of aromatic nitrogens is 2. The van der Waals surface area contributed by atoms with Crippen molar-refractivity contribution in [1.82, 2.24) is 9.97 Å². The van der Waals surface area contributed by atoms with Crippen molar-refractivity contribution in [2.24, 2.45) is 0 Å². The van der Waals surface area contributed by atoms with E-state index in [1.54, 1.807) is 6.07 Å². The van der Waals surface area contributed by atoms with Crippen LogP contribution in [0.15, 0.2) is 194 Å². The zero-order valence-corrected chi connectivity index (χ0v) is 30.2. The molecule has 0 bridgehead atoms. The Hall–Kier alpha value is -6.90. The number of hydrogen-bond donors (Lipinski definition) is 0. The average Bonchev–Trinajstić information content (AvgIpc) is 3.55. The fraction of sp³-hybridized carbons (Fsp3) is 0.0566. The van der Waals surface area contributed by atoms with E-state index in [-0.39, 0.29) is 22.2 Å². The second-order valence-corrected chi connectivity index (χ2v) is 14.3. The maximum Gasteiger partial charge on any atom is 0.160 e. The van der Waals surface area contributed by atoms with E-state index in [9.17, 15) is 2.74 Å². The fourth-order valence-corrected chi connectivity index (χ4v) is 7.89. The van der Waals surface area contributed by atoms with E-state index >= 15 is 0 Å². The van der Waals surface area contributed by atoms with E-state index in [0.717, 1.165) is 38.6 Å². The maximum absolute atomic E-state index is 9.22. The molecule has 0 unspecified atom stereocenters. The van der Waals surface area contributed by atoms with E-state index in [2.05, 4.69) is 92.7 Å². The summed E-state index contributed by atoms with van der Waals surface area (Å²) in [5.41, 5.74) is 10.6. The van der Waals surface area contributed by atoms with Gasteiger partial charge in [-0.05, 0) is 84.6 Å². The van der Waals surface area contributed by atoms with Gasteiger partial charge < -0.3 is 0 Å². The van der Waals surface area contributed by atoms with Gasteiger partial charge in [0.05, 0.1) is 23.7 Å². The third kappa shape index (κ3) is 5.75. The van der Waals surface area contributed by atoms with Crippen LogP contribution < -0.4 is 0 Å². The lowest BCUT2D eigenvalue weighted by Crippen LogP contribution is -2.14. The van der Waals surface area contributed by atoms with Crippen LogP contribution in [-0.2, 0) is 5.41 Å². The van der Waals surface area contributed by atoms with Crippen molar-refractivity contribution in [3.8, 4) is 78.4 Å². The van der Waals surface area contributed by atoms with E-state index < -0.39 is 59.9 Å². The summed E-state index contributed by atoms with van der Waals surface area (Å²) in [4.78, 5) is 9.87. The quantitative estimate of drug-likeness (QED) is 0.172. The van der Waals surface area contributed by atoms with Crippen LogP contribution in [0.1, 0.15) is 37.3 Å². The molecule has 0 fully saturated rings. The highest BCUT2D eigenvalue weighted by Gasteiger charge is 2.35. The van der Waals surface area contributed by atoms with Crippen molar-refractivity contribution in [3.05, 3.63) is 205 Å². The van der Waals surface area contributed by atoms with Gasteiger partial charge >= 0.3 is 0 Å². The lowest BCUT2D eigenvalue weighted by atomic mass is 9.81. The van der Waals surface area contributed by atoms with Crippen molar-refractivity contribution in [3.63, 3.8) is 0 Å². The molecule has 0 radical (unpaired) electrons. The fourth-order valence-electron chi connectivity index (χ4n) is 7.89. The number of rotatable bonds is 6. The predicted molar refractivity (Wildman–Crippen MR) is 230 cm³/mol. The van der Waals surface area contributed by atoms with Gasteiger partial charge in [0.1, 0.15) is 0 Å². The number of hydrogen-bond acceptors (Lipinski definition) is 2. The Morgan fingerprint density at radius 2 is 0.964 bits per heavy atom. The van der Waals surface area contributed by atoms with Gasteiger partial charge in [0, 0.05) is 22.1 Å². The zero-order valence-electron chi connectivity index (χ0n) is 39.2. The normalized spacial score (nSPS) is 15.0. The largest absolute Gasteiger partial charge is 0.228 e. The van der Waals surface area contributed by atoms with Gasteiger partial charge in [-0.25, -0.2) is 9.97 Å². The Morgan fingerprint density at radius 1 is 0.382 bits per heavy atom. The molecule has 8 aromatic carbocycles. The molecule has 55 heavy (non-hydrogen) atoms. The molecule has 0 N–H and O–H groups in total. The van der Waals surface area contributed by atoms with Gasteiger partial charge in [-0.3, -0.25) is 0 Å². The molecule has 1 aliphatic rings. The molecule has 1 heterocycles. The summed E-state index contributed by atoms with van der Waals surface area (Å²) in [6.07, 6.45) is 0. The van der Waals surface area contributed by atoms with E-state index in [1.807, 2.05) is 54.6 Å². The Bertz CT molecular complexity index is 3360. The highest BCUT2D eigenvalue weighted by atomic mass is 14.9. The van der Waals surface area contributed by atoms with Crippen LogP contribution in [0.3, 0.4) is 0 Å². The van der Waals surface area contributed by atoms with Crippen molar-refractivity contribution >= 4 is 10.8 Å². The topological polar surface area (TPSA) is 25.8 Å². The molecule has 0 amide bonds. The SMILES string of the molecule is [2H]c1c([2H])c([2H])c(-c2c([2H])c([2H])c(-c3cc(-c4ccc(-c5cccc(-c6ccc7c(c6)C(C)(C)c6ccccc6-7)c5)c5ccccc45)nc(-c4ccccc4)n3)c([2H])c2[2H])c([2H])c1[2H]. The molecule has 2 nitrogen and oxygen atoms in total. The molecule has 1 aliphatic carbocycles. The van der Waals surface area contributed by atoms with Crippen LogP contribution in [0, 0.1) is 0 Å². The molecule has 0 spiro atoms. The van der Waals surface area contributed by atoms with Gasteiger partial charge in [-0.15, -0.1) is 0 Å². The molecule has 1 aromatic heterocycles. The van der Waals surface area contributed by atoms with Gasteiger partial charge in [0.2, 0.25) is 0 Å². The van der Waals surface area contributed by atoms with Crippen molar-refractivity contribution in [2.45, 2.75) is 19.3 Å². The van der Waals surface area contributed by atoms with Crippen LogP contribution in [-0.4, -0.2) is 9.97 Å². The van der Waals surface area contributed by atoms with Crippen LogP contribution in [0.2, 0.25) is 0 Å². The van der Waals surface area contributed by atoms with E-state index in [0.29, 0.717) is 17.1 Å². The maximum atomic E-state index is 9.22. The van der Waals surface area contributed by atoms with Gasteiger partial charge in [0.25, 0.3) is 0 Å². The molecule has 0 aliphatic heterocycles. The van der Waals surface area contributed by atoms with Crippen LogP contribution in [0.5, 0.6) is 0 Å². The molecule has 0 atom stereocenters. The lowest BCUT2D eigenvalue weighted by molar-refractivity contribution is 0.660. The van der Waals surface area contributed by atoms with Crippen LogP contribution >= 0.6 is 0 Å². The second-order valence-electron chi connectivity index (χ2n) is 14.3. The minimum atomic E-state index is -0.634. The monoisotopic (exact) mass is 711 g/mol. The van der Waals surface area contributed by atoms with E-state index in [1.165, 1.54) is 22.3 Å². The van der Waals surface area contributed by atoms with Crippen LogP contribution in [0.25, 0.3) is 89.2 Å². The highest BCUT2D eigenvalue weighted by molar-refractivity contribution is 6.05. The Labute approximate surface area is 335 Å². The van der Waals surface area contributed by atoms with E-state index in [4.69, 9.17) is 19.6 Å². The average molecular weight is 712 g/mol. The standard InChI is InChI=1S/C53H38N2/c1-53(2)48-23-12-11-22-45(48)46-29-28-40(33-49(46)53)39-18-13-19-41(32-39)42-30-31-47(44-21-10-9-20-43(42)44)51-34-50(54-52(55-51)38-16-7-4-8-17-38)37-26-24-36(25-27-37)35-14-5-3-6-15-35/h3-34H,1-2H3/i3D,5D,6D,14D,15D,24D,25D,26D,27D. The highest BCUT2D eigenvalue weighted by Crippen LogP contribution is 2.49. The van der Waals surface area contributed by atoms with Crippen LogP contribution in [0.4, 0.5) is 0 Å². The summed E-state index contributed by atoms with van der Waals surface area (Å²) in [7, 11) is 0. The number of fused-ring (bicyclic) bond motifs is 4. The molecule has 9 aromatic rings. The Balaban J connectivity index is 1.11. The summed E-state index contributed by atoms with van der Waals surface area (Å²) in [5, 5.41) is 1.89. The summed E-state index contributed by atoms with van der Waals surface area (Å²) in [5.74, 6) is 0.307. The Kier molecular flexibility index (Phi) is 5.86. The molecular formula is C53H38N2. The first-order chi connectivity index (χ1) is 30.8. The predicted octanol–water partition coefficient (Wildman–Crippen LogP) is 13.9. The molecule has 260 valence electrons. The zero-order chi connectivity index (χ0) is 44.8. The van der Waals surface area contributed by atoms with Crippen molar-refractivity contribution in [1.29, 1.82) is 0 Å². The minimum absolute atomic E-state index is 0.108. The third-order valence-electron chi connectivity index (χ3n) is 10.7. The van der Waals surface area contributed by atoms with Gasteiger partial charge in [-0.2, -0.15) is 0 Å². The smallest absolute Gasteiger partial charge is 0.160 e. The first kappa shape index (κ1) is 24.4. The summed E-state index contributed by atoms with van der Waals surface area (Å²) in [6, 6.07) is 42.0. The first-order valence-electron chi connectivity index (χ1n) is 22.8. The molecular weight excluding hydrogens is 665 g/mol. The van der Waals surface area contributed by atoms with Crippen molar-refractivity contribution in [2.75, 3.05) is 0 Å². The summed E-state index contributed by atoms with van der Waals surface area (Å²) in [6.45, 7) is 4.58.